The molecule has 4 aromatic carbocycles. The average Bonchev–Trinajstić information content (AvgIpc) is 4.29. The molecular weight excluding hydrogens is 1040 g/mol. The molecule has 23 nitrogen and oxygen atoms in total. The van der Waals surface area contributed by atoms with Crippen LogP contribution in [0.1, 0.15) is 36.1 Å². The number of alkyl halides is 1. The van der Waals surface area contributed by atoms with Gasteiger partial charge in [0.2, 0.25) is 0 Å². The van der Waals surface area contributed by atoms with Crippen molar-refractivity contribution in [2.75, 3.05) is 93.2 Å². The van der Waals surface area contributed by atoms with Gasteiger partial charge < -0.3 is 92.6 Å². The highest BCUT2D eigenvalue weighted by atomic mass is 79.9. The molecule has 0 saturated carbocycles. The summed E-state index contributed by atoms with van der Waals surface area (Å²) in [5.41, 5.74) is 0. The maximum absolute atomic E-state index is 11.3. The lowest BCUT2D eigenvalue weighted by Gasteiger charge is -2.08. The summed E-state index contributed by atoms with van der Waals surface area (Å²) in [7, 11) is 5.78. The van der Waals surface area contributed by atoms with Gasteiger partial charge in [-0.25, -0.2) is 14.4 Å². The SMILES string of the molecule is C.C.C.CCOC(=O)CBr.CCOC(=O)COc1ccc(OC)c(O)c1.COc1ccc(O)cc1O.COc1ccc(OCC(=O)O)cc1O.COc1ccc(OCC(=O)OCC2CO2)cc1O.OCC1CO1. The molecule has 2 atom stereocenters. The molecule has 73 heavy (non-hydrogen) atoms. The summed E-state index contributed by atoms with van der Waals surface area (Å²) in [6.07, 6.45) is 0.231. The fourth-order valence-electron chi connectivity index (χ4n) is 4.35. The zero-order chi connectivity index (χ0) is 52.4. The first-order chi connectivity index (χ1) is 33.5. The maximum Gasteiger partial charge on any atom is 0.344 e. The standard InChI is InChI=1S/C12H14O6.C11H14O5.C9H10O5.C7H8O3.C4H7BrO2.C3H6O2.3CH4/c1-15-11-3-2-8(4-10(11)13)17-7-12(14)18-6-9-5-16-9;1-3-15-11(13)7-16-8-4-5-10(14-2)9(12)6-8;1-13-8-3-2-6(4-7(8)10)14-5-9(11)12;1-10-7-3-2-5(8)4-6(7)9;1-2-7-4(6)3-5;4-1-3-2-5-3;;;/h2-4,9,13H,5-7H2,1H3;4-6,12H,3,7H2,1-2H3;2-4,10H,5H2,1H3,(H,11,12);2-4,8-9H,1H3;2-3H2,1H3;3-4H,1-2H2;3*1H4. The number of methoxy groups -OCH3 is 4. The number of phenolic OH excluding ortho intramolecular Hbond substituents is 5. The molecule has 0 amide bonds. The van der Waals surface area contributed by atoms with Gasteiger partial charge in [-0.3, -0.25) is 4.79 Å². The number of carboxylic acid groups (broad SMARTS) is 1. The van der Waals surface area contributed by atoms with Crippen molar-refractivity contribution in [3.05, 3.63) is 72.8 Å². The van der Waals surface area contributed by atoms with Gasteiger partial charge in [0, 0.05) is 24.3 Å². The Morgan fingerprint density at radius 3 is 1.15 bits per heavy atom. The molecule has 412 valence electrons. The number of hydrogen-bond acceptors (Lipinski definition) is 22. The highest BCUT2D eigenvalue weighted by molar-refractivity contribution is 9.09. The van der Waals surface area contributed by atoms with E-state index in [2.05, 4.69) is 30.1 Å². The largest absolute Gasteiger partial charge is 0.508 e. The van der Waals surface area contributed by atoms with Crippen LogP contribution in [0.25, 0.3) is 0 Å². The van der Waals surface area contributed by atoms with Crippen LogP contribution < -0.4 is 33.2 Å². The number of phenols is 5. The first kappa shape index (κ1) is 70.0. The summed E-state index contributed by atoms with van der Waals surface area (Å²) < 4.78 is 58.0. The number of carbonyl (C=O) groups is 4. The molecule has 2 aliphatic rings. The third kappa shape index (κ3) is 32.3. The molecule has 2 fully saturated rings. The van der Waals surface area contributed by atoms with E-state index in [1.54, 1.807) is 38.1 Å². The van der Waals surface area contributed by atoms with E-state index in [9.17, 15) is 34.5 Å². The Kier molecular flexibility index (Phi) is 38.7. The van der Waals surface area contributed by atoms with Crippen LogP contribution in [0.2, 0.25) is 0 Å². The van der Waals surface area contributed by atoms with E-state index in [1.807, 2.05) is 0 Å². The Morgan fingerprint density at radius 2 is 0.877 bits per heavy atom. The number of aromatic hydroxyl groups is 5. The number of ether oxygens (including phenoxy) is 12. The smallest absolute Gasteiger partial charge is 0.344 e. The van der Waals surface area contributed by atoms with Crippen LogP contribution in [0.5, 0.6) is 69.0 Å². The van der Waals surface area contributed by atoms with E-state index in [0.29, 0.717) is 59.6 Å². The number of epoxide rings is 2. The molecule has 7 N–H and O–H groups in total. The number of carbonyl (C=O) groups excluding carboxylic acids is 3. The first-order valence-electron chi connectivity index (χ1n) is 20.6. The fraction of sp³-hybridized carbons (Fsp3) is 0.429. The number of hydrogen-bond donors (Lipinski definition) is 7. The zero-order valence-corrected chi connectivity index (χ0v) is 40.8. The van der Waals surface area contributed by atoms with Crippen molar-refractivity contribution in [1.29, 1.82) is 0 Å². The minimum absolute atomic E-state index is 0. The molecule has 2 unspecified atom stereocenters. The van der Waals surface area contributed by atoms with Crippen molar-refractivity contribution >= 4 is 39.8 Å². The van der Waals surface area contributed by atoms with Crippen molar-refractivity contribution in [1.82, 2.24) is 0 Å². The van der Waals surface area contributed by atoms with Crippen molar-refractivity contribution in [2.45, 2.75) is 48.3 Å². The van der Waals surface area contributed by atoms with Crippen LogP contribution in [-0.4, -0.2) is 165 Å². The molecule has 0 spiro atoms. The Hall–Kier alpha value is -7.28. The molecule has 2 saturated heterocycles. The summed E-state index contributed by atoms with van der Waals surface area (Å²) in [4.78, 5) is 42.6. The van der Waals surface area contributed by atoms with Crippen LogP contribution in [-0.2, 0) is 42.9 Å². The van der Waals surface area contributed by atoms with Gasteiger partial charge in [-0.05, 0) is 62.4 Å². The van der Waals surface area contributed by atoms with Gasteiger partial charge in [-0.1, -0.05) is 38.2 Å². The maximum atomic E-state index is 11.3. The number of rotatable bonds is 19. The first-order valence-corrected chi connectivity index (χ1v) is 21.7. The lowest BCUT2D eigenvalue weighted by molar-refractivity contribution is -0.147. The van der Waals surface area contributed by atoms with E-state index in [4.69, 9.17) is 63.1 Å². The molecule has 24 heteroatoms. The Balaban J connectivity index is -0.000000831. The minimum atomic E-state index is -1.07. The van der Waals surface area contributed by atoms with E-state index >= 15 is 0 Å². The normalized spacial score (nSPS) is 12.5. The third-order valence-corrected chi connectivity index (χ3v) is 8.31. The van der Waals surface area contributed by atoms with E-state index in [-0.39, 0.29) is 101 Å². The minimum Gasteiger partial charge on any atom is -0.508 e. The molecule has 4 aromatic rings. The number of benzene rings is 4. The predicted octanol–water partition coefficient (Wildman–Crippen LogP) is 6.27. The number of aliphatic carboxylic acids is 1. The molecule has 0 bridgehead atoms. The summed E-state index contributed by atoms with van der Waals surface area (Å²) in [5.74, 6) is 0.00552. The van der Waals surface area contributed by atoms with Crippen molar-refractivity contribution in [3.63, 3.8) is 0 Å². The average molecular weight is 1110 g/mol. The highest BCUT2D eigenvalue weighted by Gasteiger charge is 2.24. The van der Waals surface area contributed by atoms with E-state index in [1.165, 1.54) is 77.0 Å². The summed E-state index contributed by atoms with van der Waals surface area (Å²) >= 11 is 2.94. The number of carboxylic acids is 1. The molecule has 2 heterocycles. The number of aliphatic hydroxyl groups excluding tert-OH is 1. The van der Waals surface area contributed by atoms with Gasteiger partial charge >= 0.3 is 23.9 Å². The molecule has 0 aromatic heterocycles. The molecule has 0 radical (unpaired) electrons. The molecular formula is C49H71BrO23. The second kappa shape index (κ2) is 40.3. The van der Waals surface area contributed by atoms with Crippen LogP contribution in [0.4, 0.5) is 0 Å². The third-order valence-electron chi connectivity index (χ3n) is 7.85. The van der Waals surface area contributed by atoms with Crippen molar-refractivity contribution in [2.24, 2.45) is 0 Å². The van der Waals surface area contributed by atoms with Crippen LogP contribution >= 0.6 is 15.9 Å². The fourth-order valence-corrected chi connectivity index (χ4v) is 4.52. The number of esters is 3. The van der Waals surface area contributed by atoms with Crippen LogP contribution in [0, 0.1) is 0 Å². The Bertz CT molecular complexity index is 2160. The lowest BCUT2D eigenvalue weighted by Crippen LogP contribution is -2.17. The van der Waals surface area contributed by atoms with E-state index in [0.717, 1.165) is 6.61 Å². The number of halogens is 1. The van der Waals surface area contributed by atoms with Gasteiger partial charge in [0.05, 0.1) is 61.5 Å². The van der Waals surface area contributed by atoms with Crippen LogP contribution in [0.3, 0.4) is 0 Å². The lowest BCUT2D eigenvalue weighted by atomic mass is 10.3. The predicted molar refractivity (Wildman–Crippen MR) is 269 cm³/mol. The van der Waals surface area contributed by atoms with Gasteiger partial charge in [0.25, 0.3) is 0 Å². The monoisotopic (exact) mass is 1110 g/mol. The molecule has 6 rings (SSSR count). The topological polar surface area (TPSA) is 327 Å². The van der Waals surface area contributed by atoms with Gasteiger partial charge in [0.1, 0.15) is 47.1 Å². The second-order valence-electron chi connectivity index (χ2n) is 13.1. The molecule has 2 aliphatic heterocycles. The van der Waals surface area contributed by atoms with Crippen molar-refractivity contribution < 1.29 is 112 Å². The summed E-state index contributed by atoms with van der Waals surface area (Å²) in [6.45, 7) is 5.30. The van der Waals surface area contributed by atoms with Gasteiger partial charge in [-0.15, -0.1) is 0 Å². The Labute approximate surface area is 433 Å². The Morgan fingerprint density at radius 1 is 0.534 bits per heavy atom. The molecule has 0 aliphatic carbocycles. The number of aliphatic hydroxyl groups is 1. The van der Waals surface area contributed by atoms with Crippen molar-refractivity contribution in [3.8, 4) is 69.0 Å². The quantitative estimate of drug-likeness (QED) is 0.0235. The van der Waals surface area contributed by atoms with Crippen LogP contribution in [0.15, 0.2) is 72.8 Å². The van der Waals surface area contributed by atoms with E-state index < -0.39 is 24.5 Å². The van der Waals surface area contributed by atoms with Gasteiger partial charge in [-0.2, -0.15) is 0 Å². The highest BCUT2D eigenvalue weighted by Crippen LogP contribution is 2.32. The summed E-state index contributed by atoms with van der Waals surface area (Å²) in [6, 6.07) is 17.5. The second-order valence-corrected chi connectivity index (χ2v) is 13.7. The summed E-state index contributed by atoms with van der Waals surface area (Å²) in [5, 5.41) is 62.8. The zero-order valence-electron chi connectivity index (χ0n) is 39.2. The van der Waals surface area contributed by atoms with Gasteiger partial charge in [0.15, 0.2) is 65.8 Å².